The molecule has 0 bridgehead atoms. The van der Waals surface area contributed by atoms with Crippen LogP contribution in [0.3, 0.4) is 0 Å². The van der Waals surface area contributed by atoms with E-state index < -0.39 is 0 Å². The Hall–Kier alpha value is -3.42. The quantitative estimate of drug-likeness (QED) is 0.0518. The fourth-order valence-electron chi connectivity index (χ4n) is 9.37. The van der Waals surface area contributed by atoms with Gasteiger partial charge in [-0.3, -0.25) is 9.59 Å². The Bertz CT molecular complexity index is 1610. The fraction of sp³-hybridized carbons (Fsp3) is 0.774. The van der Waals surface area contributed by atoms with Gasteiger partial charge in [-0.1, -0.05) is 210 Å². The lowest BCUT2D eigenvalue weighted by Crippen LogP contribution is -2.25. The number of rotatable bonds is 44. The third-order valence-electron chi connectivity index (χ3n) is 14.0. The zero-order chi connectivity index (χ0) is 50.9. The van der Waals surface area contributed by atoms with E-state index in [1.807, 2.05) is 0 Å². The summed E-state index contributed by atoms with van der Waals surface area (Å²) in [6.07, 6.45) is 30.2. The molecule has 0 aliphatic heterocycles. The number of ether oxygens (including phenoxy) is 6. The maximum atomic E-state index is 15.5. The summed E-state index contributed by atoms with van der Waals surface area (Å²) in [4.78, 5) is 31.1. The van der Waals surface area contributed by atoms with Crippen LogP contribution in [0.15, 0.2) is 12.1 Å². The van der Waals surface area contributed by atoms with E-state index in [2.05, 4.69) is 69.2 Å². The van der Waals surface area contributed by atoms with Crippen LogP contribution in [0.25, 0.3) is 0 Å². The number of ketones is 2. The molecule has 1 aliphatic carbocycles. The molecule has 2 atom stereocenters. The van der Waals surface area contributed by atoms with Crippen molar-refractivity contribution < 1.29 is 38.0 Å². The van der Waals surface area contributed by atoms with Gasteiger partial charge in [0.05, 0.1) is 50.8 Å². The fourth-order valence-corrected chi connectivity index (χ4v) is 9.37. The summed E-state index contributed by atoms with van der Waals surface area (Å²) in [6.45, 7) is 25.2. The number of unbranched alkanes of at least 4 members (excludes halogenated alkanes) is 16. The SMILES string of the molecule is CCCCCCCOc1cc2c(c(OCCC(C)CCCC(C)C)c1OCCCCCCC)C(=O)c1cc(OCCCCCCC)c(OCCCCCCC)c(OCCC(C)CCCC(C)C)c1C2=O. The summed E-state index contributed by atoms with van der Waals surface area (Å²) in [5, 5.41) is 0. The number of carbonyl (C=O) groups is 2. The zero-order valence-corrected chi connectivity index (χ0v) is 46.8. The van der Waals surface area contributed by atoms with Gasteiger partial charge >= 0.3 is 0 Å². The summed E-state index contributed by atoms with van der Waals surface area (Å²) in [7, 11) is 0. The third kappa shape index (κ3) is 22.1. The lowest BCUT2D eigenvalue weighted by atomic mass is 9.82. The normalized spacial score (nSPS) is 13.1. The second kappa shape index (κ2) is 36.5. The van der Waals surface area contributed by atoms with Gasteiger partial charge in [0.2, 0.25) is 11.5 Å². The van der Waals surface area contributed by atoms with Crippen molar-refractivity contribution in [2.45, 2.75) is 249 Å². The van der Waals surface area contributed by atoms with Crippen LogP contribution in [-0.4, -0.2) is 51.2 Å². The highest BCUT2D eigenvalue weighted by Crippen LogP contribution is 2.51. The Morgan fingerprint density at radius 2 is 0.629 bits per heavy atom. The standard InChI is InChI=1S/C62H104O8/c1-11-15-19-23-27-39-65-53-45-51-55(61(59(53)67-41-29-25-21-17-13-3)69-43-37-49(9)35-31-33-47(5)6)58(64)52-46-54(66-40-28-24-20-16-12-2)60(68-42-30-26-22-18-14-4)62(56(52)57(51)63)70-44-38-50(10)36-32-34-48(7)8/h45-50H,11-44H2,1-10H3. The number of benzene rings is 2. The highest BCUT2D eigenvalue weighted by molar-refractivity contribution is 6.31. The van der Waals surface area contributed by atoms with Crippen molar-refractivity contribution in [2.24, 2.45) is 23.7 Å². The Morgan fingerprint density at radius 1 is 0.329 bits per heavy atom. The molecule has 2 aromatic carbocycles. The molecule has 0 fully saturated rings. The molecule has 3 rings (SSSR count). The van der Waals surface area contributed by atoms with Gasteiger partial charge in [-0.25, -0.2) is 0 Å². The topological polar surface area (TPSA) is 89.5 Å². The van der Waals surface area contributed by atoms with Crippen LogP contribution in [0, 0.1) is 23.7 Å². The van der Waals surface area contributed by atoms with Gasteiger partial charge in [0.15, 0.2) is 34.6 Å². The van der Waals surface area contributed by atoms with Crippen LogP contribution >= 0.6 is 0 Å². The smallest absolute Gasteiger partial charge is 0.204 e. The number of hydrogen-bond donors (Lipinski definition) is 0. The molecule has 1 aliphatic rings. The van der Waals surface area contributed by atoms with Crippen molar-refractivity contribution in [2.75, 3.05) is 39.6 Å². The molecule has 0 saturated heterocycles. The molecule has 2 unspecified atom stereocenters. The summed E-state index contributed by atoms with van der Waals surface area (Å²) < 4.78 is 40.3. The van der Waals surface area contributed by atoms with Crippen molar-refractivity contribution >= 4 is 11.6 Å². The van der Waals surface area contributed by atoms with E-state index in [-0.39, 0.29) is 33.8 Å². The first-order chi connectivity index (χ1) is 34.0. The molecule has 0 spiro atoms. The highest BCUT2D eigenvalue weighted by Gasteiger charge is 2.41. The van der Waals surface area contributed by atoms with Crippen molar-refractivity contribution in [3.63, 3.8) is 0 Å². The molecule has 0 amide bonds. The van der Waals surface area contributed by atoms with Crippen LogP contribution in [0.1, 0.15) is 281 Å². The lowest BCUT2D eigenvalue weighted by molar-refractivity contribution is 0.0967. The highest BCUT2D eigenvalue weighted by atomic mass is 16.5. The van der Waals surface area contributed by atoms with E-state index in [0.717, 1.165) is 128 Å². The molecular weight excluding hydrogens is 873 g/mol. The van der Waals surface area contributed by atoms with E-state index in [4.69, 9.17) is 28.4 Å². The van der Waals surface area contributed by atoms with Crippen molar-refractivity contribution in [3.05, 3.63) is 34.4 Å². The summed E-state index contributed by atoms with van der Waals surface area (Å²) in [6, 6.07) is 3.52. The molecule has 2 aromatic rings. The van der Waals surface area contributed by atoms with Crippen LogP contribution in [-0.2, 0) is 0 Å². The summed E-state index contributed by atoms with van der Waals surface area (Å²) in [5.74, 6) is 4.00. The zero-order valence-electron chi connectivity index (χ0n) is 46.8. The molecule has 0 saturated carbocycles. The van der Waals surface area contributed by atoms with Crippen molar-refractivity contribution in [3.8, 4) is 34.5 Å². The first-order valence-electron chi connectivity index (χ1n) is 29.3. The first kappa shape index (κ1) is 60.9. The molecule has 8 nitrogen and oxygen atoms in total. The minimum atomic E-state index is -0.297. The number of hydrogen-bond acceptors (Lipinski definition) is 8. The number of carbonyl (C=O) groups excluding carboxylic acids is 2. The van der Waals surface area contributed by atoms with Gasteiger partial charge in [-0.2, -0.15) is 0 Å². The summed E-state index contributed by atoms with van der Waals surface area (Å²) >= 11 is 0. The summed E-state index contributed by atoms with van der Waals surface area (Å²) in [5.41, 5.74) is 0.994. The van der Waals surface area contributed by atoms with Gasteiger partial charge in [-0.15, -0.1) is 0 Å². The predicted octanol–water partition coefficient (Wildman–Crippen LogP) is 18.3. The van der Waals surface area contributed by atoms with Gasteiger partial charge < -0.3 is 28.4 Å². The minimum Gasteiger partial charge on any atom is -0.490 e. The van der Waals surface area contributed by atoms with Gasteiger partial charge in [0.25, 0.3) is 0 Å². The number of fused-ring (bicyclic) bond motifs is 2. The molecule has 400 valence electrons. The van der Waals surface area contributed by atoms with E-state index in [1.165, 1.54) is 51.4 Å². The second-order valence-electron chi connectivity index (χ2n) is 21.8. The molecule has 8 heteroatoms. The molecule has 70 heavy (non-hydrogen) atoms. The second-order valence-corrected chi connectivity index (χ2v) is 21.8. The maximum Gasteiger partial charge on any atom is 0.204 e. The van der Waals surface area contributed by atoms with Crippen LogP contribution in [0.5, 0.6) is 34.5 Å². The van der Waals surface area contributed by atoms with Gasteiger partial charge in [0, 0.05) is 11.1 Å². The maximum absolute atomic E-state index is 15.5. The van der Waals surface area contributed by atoms with Gasteiger partial charge in [0.1, 0.15) is 0 Å². The molecule has 0 heterocycles. The van der Waals surface area contributed by atoms with Crippen molar-refractivity contribution in [1.29, 1.82) is 0 Å². The monoisotopic (exact) mass is 977 g/mol. The Kier molecular flexibility index (Phi) is 31.7. The van der Waals surface area contributed by atoms with E-state index in [0.29, 0.717) is 97.8 Å². The van der Waals surface area contributed by atoms with Gasteiger partial charge in [-0.05, 0) is 74.3 Å². The molecular formula is C62H104O8. The molecule has 0 radical (unpaired) electrons. The predicted molar refractivity (Wildman–Crippen MR) is 293 cm³/mol. The molecule has 0 aromatic heterocycles. The molecule has 0 N–H and O–H groups in total. The Labute approximate surface area is 429 Å². The van der Waals surface area contributed by atoms with Crippen LogP contribution in [0.2, 0.25) is 0 Å². The average Bonchev–Trinajstić information content (AvgIpc) is 3.33. The lowest BCUT2D eigenvalue weighted by Gasteiger charge is -2.28. The first-order valence-corrected chi connectivity index (χ1v) is 29.3. The Morgan fingerprint density at radius 3 is 0.943 bits per heavy atom. The third-order valence-corrected chi connectivity index (χ3v) is 14.0. The van der Waals surface area contributed by atoms with E-state index >= 15 is 9.59 Å². The van der Waals surface area contributed by atoms with Crippen molar-refractivity contribution in [1.82, 2.24) is 0 Å². The minimum absolute atomic E-state index is 0.237. The largest absolute Gasteiger partial charge is 0.490 e. The average molecular weight is 978 g/mol. The van der Waals surface area contributed by atoms with E-state index in [9.17, 15) is 0 Å². The van der Waals surface area contributed by atoms with E-state index in [1.54, 1.807) is 12.1 Å². The Balaban J connectivity index is 2.23. The van der Waals surface area contributed by atoms with Crippen LogP contribution < -0.4 is 28.4 Å². The van der Waals surface area contributed by atoms with Crippen LogP contribution in [0.4, 0.5) is 0 Å².